The molecular weight excluding hydrogens is 210 g/mol. The maximum Gasteiger partial charge on any atom is 0.308 e. The van der Waals surface area contributed by atoms with Crippen molar-refractivity contribution in [2.75, 3.05) is 19.7 Å². The SMILES string of the molecule is O=C(O)C1CCCN(C(=O)C2CCCO2)C1. The fourth-order valence-corrected chi connectivity index (χ4v) is 2.35. The van der Waals surface area contributed by atoms with Crippen LogP contribution in [0.5, 0.6) is 0 Å². The van der Waals surface area contributed by atoms with E-state index in [1.54, 1.807) is 4.90 Å². The van der Waals surface area contributed by atoms with Crippen LogP contribution in [0.25, 0.3) is 0 Å². The number of rotatable bonds is 2. The molecule has 1 amide bonds. The third kappa shape index (κ3) is 2.35. The molecule has 2 aliphatic heterocycles. The topological polar surface area (TPSA) is 66.8 Å². The van der Waals surface area contributed by atoms with E-state index < -0.39 is 11.9 Å². The first-order valence-electron chi connectivity index (χ1n) is 5.81. The van der Waals surface area contributed by atoms with Gasteiger partial charge in [0.2, 0.25) is 0 Å². The first-order chi connectivity index (χ1) is 7.68. The summed E-state index contributed by atoms with van der Waals surface area (Å²) in [4.78, 5) is 24.5. The van der Waals surface area contributed by atoms with Gasteiger partial charge in [-0.1, -0.05) is 0 Å². The second-order valence-corrected chi connectivity index (χ2v) is 4.46. The number of amides is 1. The molecule has 0 bridgehead atoms. The zero-order valence-corrected chi connectivity index (χ0v) is 9.22. The van der Waals surface area contributed by atoms with E-state index in [1.807, 2.05) is 0 Å². The molecule has 2 saturated heterocycles. The fraction of sp³-hybridized carbons (Fsp3) is 0.818. The highest BCUT2D eigenvalue weighted by atomic mass is 16.5. The van der Waals surface area contributed by atoms with Crippen molar-refractivity contribution in [1.29, 1.82) is 0 Å². The van der Waals surface area contributed by atoms with Gasteiger partial charge in [-0.05, 0) is 25.7 Å². The summed E-state index contributed by atoms with van der Waals surface area (Å²) in [5.41, 5.74) is 0. The van der Waals surface area contributed by atoms with Crippen molar-refractivity contribution in [3.05, 3.63) is 0 Å². The van der Waals surface area contributed by atoms with E-state index in [0.29, 0.717) is 26.1 Å². The molecule has 1 N–H and O–H groups in total. The predicted molar refractivity (Wildman–Crippen MR) is 55.9 cm³/mol. The third-order valence-electron chi connectivity index (χ3n) is 3.29. The second kappa shape index (κ2) is 4.82. The molecule has 0 spiro atoms. The molecule has 0 radical (unpaired) electrons. The Hall–Kier alpha value is -1.10. The summed E-state index contributed by atoms with van der Waals surface area (Å²) in [7, 11) is 0. The molecule has 5 nitrogen and oxygen atoms in total. The van der Waals surface area contributed by atoms with Crippen molar-refractivity contribution >= 4 is 11.9 Å². The van der Waals surface area contributed by atoms with E-state index in [2.05, 4.69) is 0 Å². The molecular formula is C11H17NO4. The molecule has 0 aromatic carbocycles. The van der Waals surface area contributed by atoms with Gasteiger partial charge >= 0.3 is 5.97 Å². The largest absolute Gasteiger partial charge is 0.481 e. The first kappa shape index (κ1) is 11.4. The van der Waals surface area contributed by atoms with Gasteiger partial charge in [-0.2, -0.15) is 0 Å². The zero-order chi connectivity index (χ0) is 11.5. The van der Waals surface area contributed by atoms with Crippen molar-refractivity contribution < 1.29 is 19.4 Å². The molecule has 2 fully saturated rings. The van der Waals surface area contributed by atoms with Crippen LogP contribution in [0.4, 0.5) is 0 Å². The van der Waals surface area contributed by atoms with Crippen LogP contribution in [0, 0.1) is 5.92 Å². The normalized spacial score (nSPS) is 30.4. The van der Waals surface area contributed by atoms with Gasteiger partial charge in [0.25, 0.3) is 5.91 Å². The number of carboxylic acid groups (broad SMARTS) is 1. The Morgan fingerprint density at radius 3 is 2.69 bits per heavy atom. The maximum absolute atomic E-state index is 12.0. The number of carbonyl (C=O) groups is 2. The van der Waals surface area contributed by atoms with Gasteiger partial charge in [0, 0.05) is 19.7 Å². The van der Waals surface area contributed by atoms with E-state index in [-0.39, 0.29) is 12.0 Å². The summed E-state index contributed by atoms with van der Waals surface area (Å²) in [6, 6.07) is 0. The molecule has 0 aromatic rings. The molecule has 2 unspecified atom stereocenters. The summed E-state index contributed by atoms with van der Waals surface area (Å²) in [5.74, 6) is -1.23. The van der Waals surface area contributed by atoms with Gasteiger partial charge in [0.15, 0.2) is 0 Å². The number of hydrogen-bond donors (Lipinski definition) is 1. The lowest BCUT2D eigenvalue weighted by molar-refractivity contribution is -0.149. The fourth-order valence-electron chi connectivity index (χ4n) is 2.35. The van der Waals surface area contributed by atoms with Crippen molar-refractivity contribution in [2.24, 2.45) is 5.92 Å². The van der Waals surface area contributed by atoms with E-state index in [1.165, 1.54) is 0 Å². The van der Waals surface area contributed by atoms with Crippen molar-refractivity contribution in [1.82, 2.24) is 4.90 Å². The average Bonchev–Trinajstić information content (AvgIpc) is 2.81. The van der Waals surface area contributed by atoms with Crippen LogP contribution in [-0.2, 0) is 14.3 Å². The summed E-state index contributed by atoms with van der Waals surface area (Å²) in [6.45, 7) is 1.66. The first-order valence-corrected chi connectivity index (χ1v) is 5.81. The van der Waals surface area contributed by atoms with Crippen LogP contribution in [0.2, 0.25) is 0 Å². The van der Waals surface area contributed by atoms with E-state index >= 15 is 0 Å². The zero-order valence-electron chi connectivity index (χ0n) is 9.22. The Kier molecular flexibility index (Phi) is 3.43. The number of piperidine rings is 1. The molecule has 5 heteroatoms. The summed E-state index contributed by atoms with van der Waals surface area (Å²) in [6.07, 6.45) is 2.81. The van der Waals surface area contributed by atoms with E-state index in [0.717, 1.165) is 19.3 Å². The smallest absolute Gasteiger partial charge is 0.308 e. The van der Waals surface area contributed by atoms with Crippen LogP contribution in [0.1, 0.15) is 25.7 Å². The minimum absolute atomic E-state index is 0.0246. The number of likely N-dealkylation sites (tertiary alicyclic amines) is 1. The van der Waals surface area contributed by atoms with E-state index in [9.17, 15) is 9.59 Å². The van der Waals surface area contributed by atoms with E-state index in [4.69, 9.17) is 9.84 Å². The lowest BCUT2D eigenvalue weighted by atomic mass is 9.98. The Balaban J connectivity index is 1.93. The predicted octanol–water partition coefficient (Wildman–Crippen LogP) is 0.489. The van der Waals surface area contributed by atoms with Gasteiger partial charge in [0.1, 0.15) is 6.10 Å². The highest BCUT2D eigenvalue weighted by Gasteiger charge is 2.33. The van der Waals surface area contributed by atoms with Crippen molar-refractivity contribution in [3.8, 4) is 0 Å². The average molecular weight is 227 g/mol. The van der Waals surface area contributed by atoms with Gasteiger partial charge in [0.05, 0.1) is 5.92 Å². The molecule has 0 aromatic heterocycles. The minimum atomic E-state index is -0.801. The van der Waals surface area contributed by atoms with Crippen LogP contribution in [-0.4, -0.2) is 47.7 Å². The summed E-state index contributed by atoms with van der Waals surface area (Å²) in [5, 5.41) is 8.93. The number of carboxylic acids is 1. The lowest BCUT2D eigenvalue weighted by Crippen LogP contribution is -2.46. The van der Waals surface area contributed by atoms with Crippen LogP contribution in [0.3, 0.4) is 0 Å². The number of ether oxygens (including phenoxy) is 1. The molecule has 0 saturated carbocycles. The lowest BCUT2D eigenvalue weighted by Gasteiger charge is -2.32. The molecule has 90 valence electrons. The Morgan fingerprint density at radius 1 is 1.25 bits per heavy atom. The molecule has 2 atom stereocenters. The number of aliphatic carboxylic acids is 1. The van der Waals surface area contributed by atoms with Gasteiger partial charge in [-0.25, -0.2) is 0 Å². The Morgan fingerprint density at radius 2 is 2.06 bits per heavy atom. The standard InChI is InChI=1S/C11H17NO4/c13-10(9-4-2-6-16-9)12-5-1-3-8(7-12)11(14)15/h8-9H,1-7H2,(H,14,15). The third-order valence-corrected chi connectivity index (χ3v) is 3.29. The molecule has 0 aliphatic carbocycles. The highest BCUT2D eigenvalue weighted by Crippen LogP contribution is 2.21. The summed E-state index contributed by atoms with van der Waals surface area (Å²) >= 11 is 0. The van der Waals surface area contributed by atoms with Crippen molar-refractivity contribution in [2.45, 2.75) is 31.8 Å². The van der Waals surface area contributed by atoms with Gasteiger partial charge < -0.3 is 14.7 Å². The van der Waals surface area contributed by atoms with Gasteiger partial charge in [-0.15, -0.1) is 0 Å². The number of hydrogen-bond acceptors (Lipinski definition) is 3. The monoisotopic (exact) mass is 227 g/mol. The molecule has 16 heavy (non-hydrogen) atoms. The van der Waals surface area contributed by atoms with Crippen LogP contribution < -0.4 is 0 Å². The molecule has 2 aliphatic rings. The van der Waals surface area contributed by atoms with Gasteiger partial charge in [-0.3, -0.25) is 9.59 Å². The molecule has 2 rings (SSSR count). The summed E-state index contributed by atoms with van der Waals surface area (Å²) < 4.78 is 5.33. The van der Waals surface area contributed by atoms with Crippen LogP contribution in [0.15, 0.2) is 0 Å². The van der Waals surface area contributed by atoms with Crippen molar-refractivity contribution in [3.63, 3.8) is 0 Å². The maximum atomic E-state index is 12.0. The Labute approximate surface area is 94.4 Å². The molecule has 2 heterocycles. The number of carbonyl (C=O) groups excluding carboxylic acids is 1. The second-order valence-electron chi connectivity index (χ2n) is 4.46. The highest BCUT2D eigenvalue weighted by molar-refractivity contribution is 5.82. The minimum Gasteiger partial charge on any atom is -0.481 e. The Bertz CT molecular complexity index is 286. The quantitative estimate of drug-likeness (QED) is 0.745. The number of nitrogens with zero attached hydrogens (tertiary/aromatic N) is 1. The van der Waals surface area contributed by atoms with Crippen LogP contribution >= 0.6 is 0 Å².